The Morgan fingerprint density at radius 3 is 3.05 bits per heavy atom. The Balaban J connectivity index is 1.46. The molecule has 2 aliphatic heterocycles. The fourth-order valence-electron chi connectivity index (χ4n) is 3.16. The van der Waals surface area contributed by atoms with Crippen molar-refractivity contribution in [3.63, 3.8) is 0 Å². The summed E-state index contributed by atoms with van der Waals surface area (Å²) in [5.74, 6) is 0. The molecule has 3 heterocycles. The first-order valence-corrected chi connectivity index (χ1v) is 8.91. The molecule has 1 aromatic heterocycles. The van der Waals surface area contributed by atoms with Gasteiger partial charge in [0.25, 0.3) is 0 Å². The van der Waals surface area contributed by atoms with Crippen molar-refractivity contribution in [1.82, 2.24) is 20.1 Å². The van der Waals surface area contributed by atoms with Gasteiger partial charge in [-0.1, -0.05) is 6.92 Å². The van der Waals surface area contributed by atoms with Crippen LogP contribution in [0.3, 0.4) is 0 Å². The maximum absolute atomic E-state index is 5.45. The minimum absolute atomic E-state index is 0.716. The molecule has 1 unspecified atom stereocenters. The molecule has 6 heteroatoms. The quantitative estimate of drug-likeness (QED) is 0.854. The lowest BCUT2D eigenvalue weighted by Crippen LogP contribution is -2.44. The van der Waals surface area contributed by atoms with Crippen molar-refractivity contribution in [3.05, 3.63) is 16.1 Å². The molecule has 118 valence electrons. The molecular formula is C15H26N4OS. The third-order valence-electron chi connectivity index (χ3n) is 4.32. The highest BCUT2D eigenvalue weighted by Crippen LogP contribution is 2.20. The fourth-order valence-corrected chi connectivity index (χ4v) is 3.91. The lowest BCUT2D eigenvalue weighted by atomic mass is 10.2. The van der Waals surface area contributed by atoms with Crippen LogP contribution in [0.15, 0.2) is 5.38 Å². The summed E-state index contributed by atoms with van der Waals surface area (Å²) in [7, 11) is 0. The summed E-state index contributed by atoms with van der Waals surface area (Å²) < 4.78 is 5.45. The van der Waals surface area contributed by atoms with Crippen molar-refractivity contribution < 1.29 is 4.74 Å². The number of nitrogens with one attached hydrogen (secondary N) is 1. The van der Waals surface area contributed by atoms with Gasteiger partial charge in [-0.05, 0) is 13.0 Å². The zero-order chi connectivity index (χ0) is 14.5. The summed E-state index contributed by atoms with van der Waals surface area (Å²) in [6.45, 7) is 11.4. The normalized spacial score (nSPS) is 24.7. The second-order valence-corrected chi connectivity index (χ2v) is 6.78. The maximum atomic E-state index is 5.45. The molecule has 0 aliphatic carbocycles. The standard InChI is InChI=1S/C15H26N4OS/c1-2-16-9-15-17-13(12-21-15)10-18-4-3-14(11-18)19-5-7-20-8-6-19/h12,14,16H,2-11H2,1H3. The number of rotatable bonds is 6. The summed E-state index contributed by atoms with van der Waals surface area (Å²) in [6.07, 6.45) is 1.29. The van der Waals surface area contributed by atoms with E-state index < -0.39 is 0 Å². The zero-order valence-corrected chi connectivity index (χ0v) is 13.7. The SMILES string of the molecule is CCNCc1nc(CN2CCC(N3CCOCC3)C2)cs1. The van der Waals surface area contributed by atoms with E-state index in [1.54, 1.807) is 11.3 Å². The van der Waals surface area contributed by atoms with Crippen molar-refractivity contribution in [2.45, 2.75) is 32.5 Å². The van der Waals surface area contributed by atoms with Crippen molar-refractivity contribution >= 4 is 11.3 Å². The molecular weight excluding hydrogens is 284 g/mol. The first-order chi connectivity index (χ1) is 10.3. The largest absolute Gasteiger partial charge is 0.379 e. The van der Waals surface area contributed by atoms with Crippen LogP contribution < -0.4 is 5.32 Å². The van der Waals surface area contributed by atoms with E-state index in [1.165, 1.54) is 30.2 Å². The van der Waals surface area contributed by atoms with Gasteiger partial charge in [0.1, 0.15) is 5.01 Å². The van der Waals surface area contributed by atoms with Crippen molar-refractivity contribution in [2.24, 2.45) is 0 Å². The molecule has 0 spiro atoms. The Bertz CT molecular complexity index is 433. The van der Waals surface area contributed by atoms with Gasteiger partial charge in [-0.25, -0.2) is 4.98 Å². The smallest absolute Gasteiger partial charge is 0.107 e. The van der Waals surface area contributed by atoms with E-state index >= 15 is 0 Å². The van der Waals surface area contributed by atoms with E-state index in [1.807, 2.05) is 0 Å². The molecule has 0 bridgehead atoms. The molecule has 21 heavy (non-hydrogen) atoms. The molecule has 1 atom stereocenters. The average molecular weight is 310 g/mol. The van der Waals surface area contributed by atoms with Crippen LogP contribution in [0, 0.1) is 0 Å². The molecule has 2 saturated heterocycles. The molecule has 5 nitrogen and oxygen atoms in total. The molecule has 0 radical (unpaired) electrons. The predicted octanol–water partition coefficient (Wildman–Crippen LogP) is 1.16. The summed E-state index contributed by atoms with van der Waals surface area (Å²) in [4.78, 5) is 9.88. The van der Waals surface area contributed by atoms with E-state index in [-0.39, 0.29) is 0 Å². The Morgan fingerprint density at radius 2 is 2.24 bits per heavy atom. The van der Waals surface area contributed by atoms with Crippen LogP contribution in [-0.4, -0.2) is 66.8 Å². The monoisotopic (exact) mass is 310 g/mol. The van der Waals surface area contributed by atoms with Crippen LogP contribution in [0.1, 0.15) is 24.0 Å². The third kappa shape index (κ3) is 4.23. The number of aromatic nitrogens is 1. The van der Waals surface area contributed by atoms with Gasteiger partial charge in [-0.3, -0.25) is 9.80 Å². The van der Waals surface area contributed by atoms with E-state index in [9.17, 15) is 0 Å². The Hall–Kier alpha value is -0.530. The number of likely N-dealkylation sites (tertiary alicyclic amines) is 1. The average Bonchev–Trinajstić information content (AvgIpc) is 3.16. The molecule has 1 N–H and O–H groups in total. The first kappa shape index (κ1) is 15.4. The van der Waals surface area contributed by atoms with Gasteiger partial charge in [0.05, 0.1) is 18.9 Å². The summed E-state index contributed by atoms with van der Waals surface area (Å²) in [5.41, 5.74) is 1.23. The highest BCUT2D eigenvalue weighted by Gasteiger charge is 2.28. The summed E-state index contributed by atoms with van der Waals surface area (Å²) >= 11 is 1.77. The topological polar surface area (TPSA) is 40.6 Å². The van der Waals surface area contributed by atoms with Crippen LogP contribution in [0.2, 0.25) is 0 Å². The molecule has 0 aromatic carbocycles. The van der Waals surface area contributed by atoms with Crippen molar-refractivity contribution in [3.8, 4) is 0 Å². The Labute approximate surface area is 131 Å². The number of thiazole rings is 1. The molecule has 2 aliphatic rings. The van der Waals surface area contributed by atoms with Gasteiger partial charge in [0.15, 0.2) is 0 Å². The van der Waals surface area contributed by atoms with E-state index in [0.29, 0.717) is 6.04 Å². The van der Waals surface area contributed by atoms with Crippen molar-refractivity contribution in [1.29, 1.82) is 0 Å². The van der Waals surface area contributed by atoms with E-state index in [4.69, 9.17) is 9.72 Å². The lowest BCUT2D eigenvalue weighted by molar-refractivity contribution is 0.0183. The van der Waals surface area contributed by atoms with Crippen LogP contribution in [0.25, 0.3) is 0 Å². The van der Waals surface area contributed by atoms with Gasteiger partial charge in [0.2, 0.25) is 0 Å². The number of hydrogen-bond donors (Lipinski definition) is 1. The highest BCUT2D eigenvalue weighted by molar-refractivity contribution is 7.09. The fraction of sp³-hybridized carbons (Fsp3) is 0.800. The maximum Gasteiger partial charge on any atom is 0.107 e. The summed E-state index contributed by atoms with van der Waals surface area (Å²) in [5, 5.41) is 6.76. The Morgan fingerprint density at radius 1 is 1.38 bits per heavy atom. The predicted molar refractivity (Wildman–Crippen MR) is 85.6 cm³/mol. The third-order valence-corrected chi connectivity index (χ3v) is 5.22. The summed E-state index contributed by atoms with van der Waals surface area (Å²) in [6, 6.07) is 0.716. The van der Waals surface area contributed by atoms with Gasteiger partial charge >= 0.3 is 0 Å². The van der Waals surface area contributed by atoms with Gasteiger partial charge in [-0.2, -0.15) is 0 Å². The van der Waals surface area contributed by atoms with Gasteiger partial charge < -0.3 is 10.1 Å². The first-order valence-electron chi connectivity index (χ1n) is 8.03. The van der Waals surface area contributed by atoms with E-state index in [0.717, 1.165) is 45.9 Å². The molecule has 0 saturated carbocycles. The molecule has 2 fully saturated rings. The lowest BCUT2D eigenvalue weighted by Gasteiger charge is -2.32. The minimum atomic E-state index is 0.716. The van der Waals surface area contributed by atoms with Crippen LogP contribution in [0.4, 0.5) is 0 Å². The Kier molecular flexibility index (Phi) is 5.60. The van der Waals surface area contributed by atoms with E-state index in [2.05, 4.69) is 27.4 Å². The minimum Gasteiger partial charge on any atom is -0.379 e. The molecule has 3 rings (SSSR count). The van der Waals surface area contributed by atoms with Crippen LogP contribution in [-0.2, 0) is 17.8 Å². The molecule has 1 aromatic rings. The highest BCUT2D eigenvalue weighted by atomic mass is 32.1. The number of morpholine rings is 1. The number of nitrogens with zero attached hydrogens (tertiary/aromatic N) is 3. The van der Waals surface area contributed by atoms with Gasteiger partial charge in [0, 0.05) is 50.7 Å². The number of hydrogen-bond acceptors (Lipinski definition) is 6. The number of ether oxygens (including phenoxy) is 1. The van der Waals surface area contributed by atoms with Crippen molar-refractivity contribution in [2.75, 3.05) is 45.9 Å². The second kappa shape index (κ2) is 7.65. The van der Waals surface area contributed by atoms with Crippen LogP contribution in [0.5, 0.6) is 0 Å². The zero-order valence-electron chi connectivity index (χ0n) is 12.9. The van der Waals surface area contributed by atoms with Gasteiger partial charge in [-0.15, -0.1) is 11.3 Å². The second-order valence-electron chi connectivity index (χ2n) is 5.84. The molecule has 0 amide bonds. The van der Waals surface area contributed by atoms with Crippen LogP contribution >= 0.6 is 11.3 Å².